The summed E-state index contributed by atoms with van der Waals surface area (Å²) in [4.78, 5) is 4.87. The van der Waals surface area contributed by atoms with Gasteiger partial charge in [0, 0.05) is 38.4 Å². The number of rotatable bonds is 5. The second-order valence-electron chi connectivity index (χ2n) is 5.13. The molecule has 2 rings (SSSR count). The van der Waals surface area contributed by atoms with Gasteiger partial charge in [0.15, 0.2) is 0 Å². The van der Waals surface area contributed by atoms with Gasteiger partial charge in [-0.3, -0.25) is 4.90 Å². The van der Waals surface area contributed by atoms with Gasteiger partial charge in [0.05, 0.1) is 0 Å². The number of piperazine rings is 1. The highest BCUT2D eigenvalue weighted by Crippen LogP contribution is 2.23. The fourth-order valence-corrected chi connectivity index (χ4v) is 2.72. The van der Waals surface area contributed by atoms with Crippen LogP contribution in [0.1, 0.15) is 18.9 Å². The van der Waals surface area contributed by atoms with Crippen LogP contribution in [0.3, 0.4) is 0 Å². The maximum Gasteiger partial charge on any atom is 0.123 e. The first-order valence-corrected chi connectivity index (χ1v) is 7.15. The van der Waals surface area contributed by atoms with E-state index in [-0.39, 0.29) is 5.82 Å². The monoisotopic (exact) mass is 265 g/mol. The lowest BCUT2D eigenvalue weighted by Gasteiger charge is -2.37. The molecule has 0 unspecified atom stereocenters. The van der Waals surface area contributed by atoms with Crippen LogP contribution in [-0.4, -0.2) is 44.7 Å². The summed E-state index contributed by atoms with van der Waals surface area (Å²) in [5.41, 5.74) is 2.22. The normalized spacial score (nSPS) is 16.9. The molecule has 0 atom stereocenters. The highest BCUT2D eigenvalue weighted by atomic mass is 19.1. The largest absolute Gasteiger partial charge is 0.369 e. The highest BCUT2D eigenvalue weighted by Gasteiger charge is 2.18. The standard InChI is InChI=1S/C15H24FN3/c1-3-6-18-7-9-19(10-8-18)15-5-4-14(16)11-13(15)12-17-2/h4-5,11,17H,3,6-10,12H2,1-2H3. The molecule has 4 heteroatoms. The molecule has 0 aromatic heterocycles. The summed E-state index contributed by atoms with van der Waals surface area (Å²) in [5, 5.41) is 3.12. The lowest BCUT2D eigenvalue weighted by Crippen LogP contribution is -2.46. The second-order valence-corrected chi connectivity index (χ2v) is 5.13. The number of halogens is 1. The third-order valence-corrected chi connectivity index (χ3v) is 3.66. The van der Waals surface area contributed by atoms with Crippen LogP contribution < -0.4 is 10.2 Å². The van der Waals surface area contributed by atoms with Crippen LogP contribution in [0.25, 0.3) is 0 Å². The lowest BCUT2D eigenvalue weighted by atomic mass is 10.1. The van der Waals surface area contributed by atoms with Crippen LogP contribution >= 0.6 is 0 Å². The Hall–Kier alpha value is -1.13. The van der Waals surface area contributed by atoms with E-state index in [1.54, 1.807) is 12.1 Å². The summed E-state index contributed by atoms with van der Waals surface area (Å²) in [6, 6.07) is 5.12. The molecule has 0 saturated carbocycles. The van der Waals surface area contributed by atoms with E-state index < -0.39 is 0 Å². The molecule has 0 bridgehead atoms. The van der Waals surface area contributed by atoms with Gasteiger partial charge in [0.1, 0.15) is 5.82 Å². The predicted octanol–water partition coefficient (Wildman–Crippen LogP) is 2.08. The quantitative estimate of drug-likeness (QED) is 0.879. The molecule has 1 N–H and O–H groups in total. The van der Waals surface area contributed by atoms with Crippen molar-refractivity contribution in [3.63, 3.8) is 0 Å². The Labute approximate surface area is 115 Å². The van der Waals surface area contributed by atoms with Crippen LogP contribution in [0.2, 0.25) is 0 Å². The summed E-state index contributed by atoms with van der Waals surface area (Å²) >= 11 is 0. The van der Waals surface area contributed by atoms with E-state index in [1.807, 2.05) is 13.1 Å². The molecule has 0 amide bonds. The molecular formula is C15H24FN3. The van der Waals surface area contributed by atoms with Gasteiger partial charge in [-0.15, -0.1) is 0 Å². The van der Waals surface area contributed by atoms with Gasteiger partial charge in [-0.25, -0.2) is 4.39 Å². The zero-order chi connectivity index (χ0) is 13.7. The number of hydrogen-bond acceptors (Lipinski definition) is 3. The molecule has 1 heterocycles. The van der Waals surface area contributed by atoms with Crippen molar-refractivity contribution in [2.75, 3.05) is 44.7 Å². The first-order chi connectivity index (χ1) is 9.24. The van der Waals surface area contributed by atoms with Crippen LogP contribution in [0, 0.1) is 5.82 Å². The minimum absolute atomic E-state index is 0.154. The first-order valence-electron chi connectivity index (χ1n) is 7.15. The lowest BCUT2D eigenvalue weighted by molar-refractivity contribution is 0.258. The Bertz CT molecular complexity index is 400. The molecule has 0 spiro atoms. The van der Waals surface area contributed by atoms with Crippen molar-refractivity contribution >= 4 is 5.69 Å². The maximum absolute atomic E-state index is 13.3. The van der Waals surface area contributed by atoms with Crippen molar-refractivity contribution in [1.29, 1.82) is 0 Å². The number of hydrogen-bond donors (Lipinski definition) is 1. The molecule has 1 fully saturated rings. The van der Waals surface area contributed by atoms with Gasteiger partial charge in [0.2, 0.25) is 0 Å². The molecular weight excluding hydrogens is 241 g/mol. The van der Waals surface area contributed by atoms with E-state index in [2.05, 4.69) is 22.0 Å². The SMILES string of the molecule is CCCN1CCN(c2ccc(F)cc2CNC)CC1. The molecule has 1 aromatic carbocycles. The summed E-state index contributed by atoms with van der Waals surface area (Å²) in [5.74, 6) is -0.154. The van der Waals surface area contributed by atoms with Gasteiger partial charge in [-0.1, -0.05) is 6.92 Å². The van der Waals surface area contributed by atoms with Crippen molar-refractivity contribution < 1.29 is 4.39 Å². The smallest absolute Gasteiger partial charge is 0.123 e. The Morgan fingerprint density at radius 3 is 2.58 bits per heavy atom. The minimum Gasteiger partial charge on any atom is -0.369 e. The van der Waals surface area contributed by atoms with Crippen molar-refractivity contribution in [1.82, 2.24) is 10.2 Å². The first kappa shape index (κ1) is 14.3. The molecule has 106 valence electrons. The fourth-order valence-electron chi connectivity index (χ4n) is 2.72. The van der Waals surface area contributed by atoms with Gasteiger partial charge < -0.3 is 10.2 Å². The third kappa shape index (κ3) is 3.67. The van der Waals surface area contributed by atoms with Gasteiger partial charge in [0.25, 0.3) is 0 Å². The minimum atomic E-state index is -0.154. The molecule has 0 radical (unpaired) electrons. The van der Waals surface area contributed by atoms with Crippen LogP contribution in [0.4, 0.5) is 10.1 Å². The van der Waals surface area contributed by atoms with Crippen LogP contribution in [-0.2, 0) is 6.54 Å². The number of anilines is 1. The second kappa shape index (κ2) is 6.87. The Morgan fingerprint density at radius 2 is 1.95 bits per heavy atom. The van der Waals surface area contributed by atoms with E-state index in [1.165, 1.54) is 18.7 Å². The summed E-state index contributed by atoms with van der Waals surface area (Å²) < 4.78 is 13.3. The molecule has 0 aliphatic carbocycles. The maximum atomic E-state index is 13.3. The summed E-state index contributed by atoms with van der Waals surface area (Å²) in [6.07, 6.45) is 1.21. The fraction of sp³-hybridized carbons (Fsp3) is 0.600. The summed E-state index contributed by atoms with van der Waals surface area (Å²) in [6.45, 7) is 8.37. The molecule has 3 nitrogen and oxygen atoms in total. The Kier molecular flexibility index (Phi) is 5.16. The average Bonchev–Trinajstić information content (AvgIpc) is 2.41. The third-order valence-electron chi connectivity index (χ3n) is 3.66. The molecule has 1 aliphatic heterocycles. The van der Waals surface area contributed by atoms with E-state index in [0.29, 0.717) is 6.54 Å². The average molecular weight is 265 g/mol. The highest BCUT2D eigenvalue weighted by molar-refractivity contribution is 5.54. The van der Waals surface area contributed by atoms with Gasteiger partial charge in [-0.2, -0.15) is 0 Å². The topological polar surface area (TPSA) is 18.5 Å². The van der Waals surface area contributed by atoms with Crippen molar-refractivity contribution in [2.24, 2.45) is 0 Å². The van der Waals surface area contributed by atoms with Crippen molar-refractivity contribution in [3.05, 3.63) is 29.6 Å². The zero-order valence-electron chi connectivity index (χ0n) is 12.0. The van der Waals surface area contributed by atoms with E-state index >= 15 is 0 Å². The van der Waals surface area contributed by atoms with Gasteiger partial charge in [-0.05, 0) is 43.8 Å². The Morgan fingerprint density at radius 1 is 1.21 bits per heavy atom. The number of nitrogens with zero attached hydrogens (tertiary/aromatic N) is 2. The van der Waals surface area contributed by atoms with E-state index in [0.717, 1.165) is 31.7 Å². The van der Waals surface area contributed by atoms with Crippen molar-refractivity contribution in [3.8, 4) is 0 Å². The summed E-state index contributed by atoms with van der Waals surface area (Å²) in [7, 11) is 1.90. The number of benzene rings is 1. The molecule has 1 aromatic rings. The predicted molar refractivity (Wildman–Crippen MR) is 78.1 cm³/mol. The Balaban J connectivity index is 2.06. The molecule has 1 aliphatic rings. The van der Waals surface area contributed by atoms with E-state index in [9.17, 15) is 4.39 Å². The molecule has 1 saturated heterocycles. The van der Waals surface area contributed by atoms with Gasteiger partial charge >= 0.3 is 0 Å². The van der Waals surface area contributed by atoms with E-state index in [4.69, 9.17) is 0 Å². The van der Waals surface area contributed by atoms with Crippen LogP contribution in [0.15, 0.2) is 18.2 Å². The molecule has 19 heavy (non-hydrogen) atoms. The number of nitrogens with one attached hydrogen (secondary N) is 1. The van der Waals surface area contributed by atoms with Crippen LogP contribution in [0.5, 0.6) is 0 Å². The van der Waals surface area contributed by atoms with Crippen molar-refractivity contribution in [2.45, 2.75) is 19.9 Å². The zero-order valence-corrected chi connectivity index (χ0v) is 12.0.